The van der Waals surface area contributed by atoms with Gasteiger partial charge in [-0.05, 0) is 39.5 Å². The summed E-state index contributed by atoms with van der Waals surface area (Å²) in [6, 6.07) is 0.992. The van der Waals surface area contributed by atoms with Crippen molar-refractivity contribution in [3.63, 3.8) is 0 Å². The van der Waals surface area contributed by atoms with Crippen molar-refractivity contribution in [2.24, 2.45) is 5.92 Å². The first-order valence-electron chi connectivity index (χ1n) is 6.37. The quantitative estimate of drug-likeness (QED) is 0.726. The third-order valence-electron chi connectivity index (χ3n) is 3.39. The minimum atomic E-state index is 0.414. The molecule has 0 amide bonds. The van der Waals surface area contributed by atoms with Crippen LogP contribution in [0.15, 0.2) is 5.38 Å². The van der Waals surface area contributed by atoms with Gasteiger partial charge in [0.1, 0.15) is 5.01 Å². The van der Waals surface area contributed by atoms with E-state index in [1.165, 1.54) is 24.4 Å². The van der Waals surface area contributed by atoms with E-state index in [4.69, 9.17) is 11.6 Å². The Kier molecular flexibility index (Phi) is 4.45. The lowest BCUT2D eigenvalue weighted by molar-refractivity contribution is 0.156. The van der Waals surface area contributed by atoms with E-state index >= 15 is 0 Å². The zero-order valence-corrected chi connectivity index (χ0v) is 12.4. The fourth-order valence-corrected chi connectivity index (χ4v) is 3.26. The van der Waals surface area contributed by atoms with Gasteiger partial charge in [-0.1, -0.05) is 0 Å². The lowest BCUT2D eigenvalue weighted by Gasteiger charge is -2.31. The van der Waals surface area contributed by atoms with E-state index in [0.29, 0.717) is 18.0 Å². The van der Waals surface area contributed by atoms with Crippen LogP contribution in [0.4, 0.5) is 0 Å². The van der Waals surface area contributed by atoms with Crippen molar-refractivity contribution in [2.75, 3.05) is 6.54 Å². The van der Waals surface area contributed by atoms with E-state index in [9.17, 15) is 0 Å². The van der Waals surface area contributed by atoms with Gasteiger partial charge in [-0.3, -0.25) is 4.90 Å². The number of alkyl halides is 1. The van der Waals surface area contributed by atoms with Gasteiger partial charge in [0.15, 0.2) is 0 Å². The van der Waals surface area contributed by atoms with Crippen molar-refractivity contribution in [1.29, 1.82) is 0 Å². The van der Waals surface area contributed by atoms with Crippen LogP contribution in [0.3, 0.4) is 0 Å². The van der Waals surface area contributed by atoms with Crippen LogP contribution >= 0.6 is 22.9 Å². The van der Waals surface area contributed by atoms with Gasteiger partial charge in [-0.25, -0.2) is 4.98 Å². The third kappa shape index (κ3) is 3.43. The molecule has 0 aliphatic heterocycles. The highest BCUT2D eigenvalue weighted by atomic mass is 35.5. The number of nitrogens with zero attached hydrogens (tertiary/aromatic N) is 2. The van der Waals surface area contributed by atoms with Gasteiger partial charge < -0.3 is 0 Å². The van der Waals surface area contributed by atoms with Gasteiger partial charge in [-0.15, -0.1) is 22.9 Å². The number of rotatable bonds is 6. The van der Waals surface area contributed by atoms with Crippen LogP contribution in [0.25, 0.3) is 0 Å². The average Bonchev–Trinajstić information content (AvgIpc) is 2.99. The van der Waals surface area contributed by atoms with Crippen LogP contribution in [0.1, 0.15) is 50.4 Å². The Morgan fingerprint density at radius 1 is 1.47 bits per heavy atom. The topological polar surface area (TPSA) is 16.1 Å². The minimum Gasteiger partial charge on any atom is -0.292 e. The predicted octanol–water partition coefficient (Wildman–Crippen LogP) is 4.06. The summed E-state index contributed by atoms with van der Waals surface area (Å²) < 4.78 is 0. The van der Waals surface area contributed by atoms with Gasteiger partial charge >= 0.3 is 0 Å². The van der Waals surface area contributed by atoms with Gasteiger partial charge in [-0.2, -0.15) is 0 Å². The van der Waals surface area contributed by atoms with E-state index in [-0.39, 0.29) is 0 Å². The van der Waals surface area contributed by atoms with Gasteiger partial charge in [0, 0.05) is 18.0 Å². The minimum absolute atomic E-state index is 0.414. The van der Waals surface area contributed by atoms with Crippen molar-refractivity contribution in [1.82, 2.24) is 9.88 Å². The summed E-state index contributed by atoms with van der Waals surface area (Å²) in [6.07, 6.45) is 2.81. The second-order valence-electron chi connectivity index (χ2n) is 5.22. The lowest BCUT2D eigenvalue weighted by atomic mass is 10.2. The molecule has 0 radical (unpaired) electrons. The largest absolute Gasteiger partial charge is 0.292 e. The molecule has 2 rings (SSSR count). The standard InChI is InChI=1S/C13H21ClN2S/c1-9(2)16(7-11-4-5-11)10(3)13-15-12(6-14)8-17-13/h8-11H,4-7H2,1-3H3. The Balaban J connectivity index is 2.05. The second-order valence-corrected chi connectivity index (χ2v) is 6.38. The first-order valence-corrected chi connectivity index (χ1v) is 7.79. The Labute approximate surface area is 113 Å². The van der Waals surface area contributed by atoms with E-state index < -0.39 is 0 Å². The zero-order chi connectivity index (χ0) is 12.4. The summed E-state index contributed by atoms with van der Waals surface area (Å²) in [5, 5.41) is 3.28. The smallest absolute Gasteiger partial charge is 0.110 e. The molecular weight excluding hydrogens is 252 g/mol. The Hall–Kier alpha value is -0.120. The maximum Gasteiger partial charge on any atom is 0.110 e. The van der Waals surface area contributed by atoms with E-state index in [1.807, 2.05) is 0 Å². The molecule has 0 aromatic carbocycles. The summed E-state index contributed by atoms with van der Waals surface area (Å²) in [5.74, 6) is 1.44. The summed E-state index contributed by atoms with van der Waals surface area (Å²) in [4.78, 5) is 7.17. The molecule has 1 unspecified atom stereocenters. The van der Waals surface area contributed by atoms with Crippen molar-refractivity contribution < 1.29 is 0 Å². The number of hydrogen-bond acceptors (Lipinski definition) is 3. The Morgan fingerprint density at radius 2 is 2.18 bits per heavy atom. The van der Waals surface area contributed by atoms with Gasteiger partial charge in [0.2, 0.25) is 0 Å². The number of aromatic nitrogens is 1. The molecule has 4 heteroatoms. The average molecular weight is 273 g/mol. The summed E-state index contributed by atoms with van der Waals surface area (Å²) >= 11 is 7.55. The van der Waals surface area contributed by atoms with Crippen LogP contribution < -0.4 is 0 Å². The monoisotopic (exact) mass is 272 g/mol. The maximum atomic E-state index is 5.81. The molecule has 1 aliphatic carbocycles. The molecule has 1 aromatic rings. The van der Waals surface area contributed by atoms with Crippen molar-refractivity contribution in [3.8, 4) is 0 Å². The van der Waals surface area contributed by atoms with E-state index in [2.05, 4.69) is 36.0 Å². The van der Waals surface area contributed by atoms with Crippen LogP contribution in [-0.2, 0) is 5.88 Å². The fourth-order valence-electron chi connectivity index (χ4n) is 2.13. The summed E-state index contributed by atoms with van der Waals surface area (Å²) in [5.41, 5.74) is 1.01. The maximum absolute atomic E-state index is 5.81. The summed E-state index contributed by atoms with van der Waals surface area (Å²) in [6.45, 7) is 8.03. The van der Waals surface area contributed by atoms with Gasteiger partial charge in [0.25, 0.3) is 0 Å². The Morgan fingerprint density at radius 3 is 2.65 bits per heavy atom. The van der Waals surface area contributed by atoms with Crippen LogP contribution in [0.5, 0.6) is 0 Å². The van der Waals surface area contributed by atoms with Crippen molar-refractivity contribution in [2.45, 2.75) is 51.6 Å². The lowest BCUT2D eigenvalue weighted by Crippen LogP contribution is -2.35. The van der Waals surface area contributed by atoms with E-state index in [1.54, 1.807) is 11.3 Å². The second kappa shape index (κ2) is 5.68. The normalized spacial score (nSPS) is 18.0. The third-order valence-corrected chi connectivity index (χ3v) is 4.73. The molecule has 1 fully saturated rings. The highest BCUT2D eigenvalue weighted by molar-refractivity contribution is 7.09. The van der Waals surface area contributed by atoms with Crippen molar-refractivity contribution in [3.05, 3.63) is 16.1 Å². The molecule has 1 heterocycles. The molecule has 0 bridgehead atoms. The molecule has 1 aliphatic rings. The molecule has 17 heavy (non-hydrogen) atoms. The zero-order valence-electron chi connectivity index (χ0n) is 10.8. The number of thiazole rings is 1. The van der Waals surface area contributed by atoms with Crippen LogP contribution in [0.2, 0.25) is 0 Å². The van der Waals surface area contributed by atoms with Gasteiger partial charge in [0.05, 0.1) is 17.6 Å². The number of hydrogen-bond donors (Lipinski definition) is 0. The molecular formula is C13H21ClN2S. The molecule has 0 saturated heterocycles. The first-order chi connectivity index (χ1) is 8.11. The SMILES string of the molecule is CC(C)N(CC1CC1)C(C)c1nc(CCl)cs1. The number of halogens is 1. The summed E-state index contributed by atoms with van der Waals surface area (Å²) in [7, 11) is 0. The predicted molar refractivity (Wildman–Crippen MR) is 74.7 cm³/mol. The molecule has 0 spiro atoms. The van der Waals surface area contributed by atoms with Crippen LogP contribution in [-0.4, -0.2) is 22.5 Å². The molecule has 1 saturated carbocycles. The first kappa shape index (κ1) is 13.3. The molecule has 2 nitrogen and oxygen atoms in total. The Bertz CT molecular complexity index is 360. The molecule has 0 N–H and O–H groups in total. The molecule has 96 valence electrons. The molecule has 1 aromatic heterocycles. The van der Waals surface area contributed by atoms with E-state index in [0.717, 1.165) is 11.6 Å². The van der Waals surface area contributed by atoms with Crippen molar-refractivity contribution >= 4 is 22.9 Å². The fraction of sp³-hybridized carbons (Fsp3) is 0.769. The highest BCUT2D eigenvalue weighted by Gasteiger charge is 2.29. The molecule has 1 atom stereocenters. The van der Waals surface area contributed by atoms with Crippen LogP contribution in [0, 0.1) is 5.92 Å². The highest BCUT2D eigenvalue weighted by Crippen LogP contribution is 2.34.